The average molecular weight is 249 g/mol. The number of alkyl carbamates (subject to hydrolysis) is 1. The molecule has 1 aromatic carbocycles. The molecule has 18 heavy (non-hydrogen) atoms. The minimum Gasteiger partial charge on any atom is -0.465 e. The van der Waals surface area contributed by atoms with Crippen LogP contribution in [-0.2, 0) is 20.9 Å². The Labute approximate surface area is 105 Å². The SMILES string of the molecule is O=C1C[C@@H](CNC(=O)OCc2ccccc2)CO1. The molecule has 1 saturated heterocycles. The molecule has 1 heterocycles. The Morgan fingerprint density at radius 1 is 1.39 bits per heavy atom. The molecule has 1 aliphatic rings. The molecular weight excluding hydrogens is 234 g/mol. The lowest BCUT2D eigenvalue weighted by atomic mass is 10.1. The Morgan fingerprint density at radius 2 is 2.17 bits per heavy atom. The Balaban J connectivity index is 1.65. The van der Waals surface area contributed by atoms with Gasteiger partial charge in [0.2, 0.25) is 0 Å². The van der Waals surface area contributed by atoms with Crippen LogP contribution in [0.25, 0.3) is 0 Å². The second-order valence-corrected chi connectivity index (χ2v) is 4.20. The van der Waals surface area contributed by atoms with Crippen molar-refractivity contribution in [1.29, 1.82) is 0 Å². The molecule has 1 aliphatic heterocycles. The minimum atomic E-state index is -0.474. The van der Waals surface area contributed by atoms with Crippen LogP contribution in [0, 0.1) is 5.92 Å². The molecule has 2 rings (SSSR count). The van der Waals surface area contributed by atoms with E-state index in [1.165, 1.54) is 0 Å². The van der Waals surface area contributed by atoms with Crippen molar-refractivity contribution in [2.45, 2.75) is 13.0 Å². The van der Waals surface area contributed by atoms with E-state index in [-0.39, 0.29) is 18.5 Å². The molecule has 1 atom stereocenters. The first-order valence-electron chi connectivity index (χ1n) is 5.84. The van der Waals surface area contributed by atoms with Gasteiger partial charge in [-0.2, -0.15) is 0 Å². The highest BCUT2D eigenvalue weighted by molar-refractivity contribution is 5.72. The van der Waals surface area contributed by atoms with E-state index < -0.39 is 6.09 Å². The van der Waals surface area contributed by atoms with Crippen molar-refractivity contribution in [3.8, 4) is 0 Å². The van der Waals surface area contributed by atoms with Crippen LogP contribution >= 0.6 is 0 Å². The van der Waals surface area contributed by atoms with Gasteiger partial charge in [-0.25, -0.2) is 4.79 Å². The van der Waals surface area contributed by atoms with E-state index in [9.17, 15) is 9.59 Å². The van der Waals surface area contributed by atoms with E-state index in [2.05, 4.69) is 5.32 Å². The fraction of sp³-hybridized carbons (Fsp3) is 0.385. The smallest absolute Gasteiger partial charge is 0.407 e. The summed E-state index contributed by atoms with van der Waals surface area (Å²) in [6.07, 6.45) is -0.114. The molecule has 0 bridgehead atoms. The van der Waals surface area contributed by atoms with Gasteiger partial charge in [-0.3, -0.25) is 4.79 Å². The number of hydrogen-bond acceptors (Lipinski definition) is 4. The van der Waals surface area contributed by atoms with Crippen LogP contribution in [0.5, 0.6) is 0 Å². The summed E-state index contributed by atoms with van der Waals surface area (Å²) in [5, 5.41) is 2.62. The third-order valence-corrected chi connectivity index (χ3v) is 2.68. The number of benzene rings is 1. The molecule has 0 aliphatic carbocycles. The van der Waals surface area contributed by atoms with E-state index >= 15 is 0 Å². The fourth-order valence-corrected chi connectivity index (χ4v) is 1.70. The van der Waals surface area contributed by atoms with Crippen molar-refractivity contribution < 1.29 is 19.1 Å². The molecule has 0 unspecified atom stereocenters. The molecule has 0 aromatic heterocycles. The van der Waals surface area contributed by atoms with Gasteiger partial charge in [-0.05, 0) is 5.56 Å². The topological polar surface area (TPSA) is 64.6 Å². The zero-order valence-corrected chi connectivity index (χ0v) is 9.93. The summed E-state index contributed by atoms with van der Waals surface area (Å²) < 4.78 is 9.83. The number of cyclic esters (lactones) is 1. The van der Waals surface area contributed by atoms with Crippen molar-refractivity contribution in [1.82, 2.24) is 5.32 Å². The first-order chi connectivity index (χ1) is 8.74. The van der Waals surface area contributed by atoms with Crippen molar-refractivity contribution in [3.05, 3.63) is 35.9 Å². The molecule has 5 nitrogen and oxygen atoms in total. The summed E-state index contributed by atoms with van der Waals surface area (Å²) in [5.41, 5.74) is 0.937. The normalized spacial score (nSPS) is 18.2. The third kappa shape index (κ3) is 3.76. The number of hydrogen-bond donors (Lipinski definition) is 1. The number of esters is 1. The van der Waals surface area contributed by atoms with Gasteiger partial charge in [0.15, 0.2) is 0 Å². The molecule has 0 spiro atoms. The highest BCUT2D eigenvalue weighted by Crippen LogP contribution is 2.12. The van der Waals surface area contributed by atoms with Crippen LogP contribution in [0.4, 0.5) is 4.79 Å². The predicted molar refractivity (Wildman–Crippen MR) is 63.7 cm³/mol. The maximum atomic E-state index is 11.4. The highest BCUT2D eigenvalue weighted by atomic mass is 16.5. The molecular formula is C13H15NO4. The largest absolute Gasteiger partial charge is 0.465 e. The van der Waals surface area contributed by atoms with Crippen LogP contribution < -0.4 is 5.32 Å². The van der Waals surface area contributed by atoms with Gasteiger partial charge in [-0.15, -0.1) is 0 Å². The molecule has 1 amide bonds. The van der Waals surface area contributed by atoms with Crippen molar-refractivity contribution in [2.24, 2.45) is 5.92 Å². The zero-order chi connectivity index (χ0) is 12.8. The number of carbonyl (C=O) groups excluding carboxylic acids is 2. The second kappa shape index (κ2) is 6.05. The van der Waals surface area contributed by atoms with E-state index in [0.717, 1.165) is 5.56 Å². The first-order valence-corrected chi connectivity index (χ1v) is 5.84. The standard InChI is InChI=1S/C13H15NO4/c15-12-6-11(9-17-12)7-14-13(16)18-8-10-4-2-1-3-5-10/h1-5,11H,6-9H2,(H,14,16)/t11-/m0/s1. The van der Waals surface area contributed by atoms with E-state index in [4.69, 9.17) is 9.47 Å². The zero-order valence-electron chi connectivity index (χ0n) is 9.93. The van der Waals surface area contributed by atoms with Crippen LogP contribution in [0.2, 0.25) is 0 Å². The van der Waals surface area contributed by atoms with Crippen molar-refractivity contribution >= 4 is 12.1 Å². The van der Waals surface area contributed by atoms with Gasteiger partial charge in [-0.1, -0.05) is 30.3 Å². The van der Waals surface area contributed by atoms with Crippen LogP contribution in [-0.4, -0.2) is 25.2 Å². The van der Waals surface area contributed by atoms with Gasteiger partial charge in [0.05, 0.1) is 13.0 Å². The number of carbonyl (C=O) groups is 2. The molecule has 5 heteroatoms. The van der Waals surface area contributed by atoms with E-state index in [0.29, 0.717) is 19.6 Å². The fourth-order valence-electron chi connectivity index (χ4n) is 1.70. The first kappa shape index (κ1) is 12.4. The molecule has 96 valence electrons. The average Bonchev–Trinajstić information content (AvgIpc) is 2.81. The maximum absolute atomic E-state index is 11.4. The Bertz CT molecular complexity index is 418. The lowest BCUT2D eigenvalue weighted by Crippen LogP contribution is -2.30. The van der Waals surface area contributed by atoms with Crippen LogP contribution in [0.15, 0.2) is 30.3 Å². The van der Waals surface area contributed by atoms with Crippen LogP contribution in [0.3, 0.4) is 0 Å². The number of rotatable bonds is 4. The lowest BCUT2D eigenvalue weighted by molar-refractivity contribution is -0.137. The third-order valence-electron chi connectivity index (χ3n) is 2.68. The van der Waals surface area contributed by atoms with Crippen molar-refractivity contribution in [3.63, 3.8) is 0 Å². The summed E-state index contributed by atoms with van der Waals surface area (Å²) in [4.78, 5) is 22.2. The summed E-state index contributed by atoms with van der Waals surface area (Å²) in [7, 11) is 0. The summed E-state index contributed by atoms with van der Waals surface area (Å²) in [6, 6.07) is 9.45. The molecule has 1 N–H and O–H groups in total. The number of ether oxygens (including phenoxy) is 2. The predicted octanol–water partition coefficient (Wildman–Crippen LogP) is 1.48. The van der Waals surface area contributed by atoms with E-state index in [1.807, 2.05) is 30.3 Å². The van der Waals surface area contributed by atoms with E-state index in [1.54, 1.807) is 0 Å². The van der Waals surface area contributed by atoms with Gasteiger partial charge in [0.1, 0.15) is 6.61 Å². The summed E-state index contributed by atoms with van der Waals surface area (Å²) in [6.45, 7) is 1.02. The molecule has 1 fully saturated rings. The number of amides is 1. The summed E-state index contributed by atoms with van der Waals surface area (Å²) in [5.74, 6) is -0.152. The molecule has 1 aromatic rings. The molecule has 0 radical (unpaired) electrons. The Morgan fingerprint density at radius 3 is 2.83 bits per heavy atom. The van der Waals surface area contributed by atoms with Crippen LogP contribution in [0.1, 0.15) is 12.0 Å². The van der Waals surface area contributed by atoms with Crippen molar-refractivity contribution in [2.75, 3.05) is 13.2 Å². The second-order valence-electron chi connectivity index (χ2n) is 4.20. The lowest BCUT2D eigenvalue weighted by Gasteiger charge is -2.09. The highest BCUT2D eigenvalue weighted by Gasteiger charge is 2.23. The quantitative estimate of drug-likeness (QED) is 0.821. The summed E-state index contributed by atoms with van der Waals surface area (Å²) >= 11 is 0. The molecule has 0 saturated carbocycles. The van der Waals surface area contributed by atoms with Gasteiger partial charge in [0.25, 0.3) is 0 Å². The monoisotopic (exact) mass is 249 g/mol. The Hall–Kier alpha value is -2.04. The number of nitrogens with one attached hydrogen (secondary N) is 1. The van der Waals surface area contributed by atoms with Gasteiger partial charge < -0.3 is 14.8 Å². The Kier molecular flexibility index (Phi) is 4.17. The van der Waals surface area contributed by atoms with Gasteiger partial charge >= 0.3 is 12.1 Å². The van der Waals surface area contributed by atoms with Gasteiger partial charge in [0, 0.05) is 12.5 Å². The minimum absolute atomic E-state index is 0.0572. The maximum Gasteiger partial charge on any atom is 0.407 e.